The summed E-state index contributed by atoms with van der Waals surface area (Å²) >= 11 is 0. The number of halogens is 1. The van der Waals surface area contributed by atoms with Gasteiger partial charge in [0.05, 0.1) is 4.92 Å². The summed E-state index contributed by atoms with van der Waals surface area (Å²) in [4.78, 5) is 24.3. The third-order valence-corrected chi connectivity index (χ3v) is 3.24. The zero-order valence-corrected chi connectivity index (χ0v) is 11.9. The first-order chi connectivity index (χ1) is 9.00. The second-order valence-corrected chi connectivity index (χ2v) is 4.58. The van der Waals surface area contributed by atoms with E-state index in [9.17, 15) is 14.9 Å². The molecule has 8 heteroatoms. The van der Waals surface area contributed by atoms with E-state index in [2.05, 4.69) is 5.32 Å². The normalized spacial score (nSPS) is 18.2. The first-order valence-electron chi connectivity index (χ1n) is 6.06. The fourth-order valence-electron chi connectivity index (χ4n) is 2.14. The summed E-state index contributed by atoms with van der Waals surface area (Å²) in [7, 11) is 0. The van der Waals surface area contributed by atoms with Crippen LogP contribution in [0.15, 0.2) is 18.2 Å². The quantitative estimate of drug-likeness (QED) is 0.482. The molecule has 1 fully saturated rings. The van der Waals surface area contributed by atoms with Crippen LogP contribution in [0.1, 0.15) is 17.3 Å². The Morgan fingerprint density at radius 1 is 1.55 bits per heavy atom. The number of nitrogens with zero attached hydrogens (tertiary/aromatic N) is 2. The predicted octanol–water partition coefficient (Wildman–Crippen LogP) is 1.03. The molecule has 20 heavy (non-hydrogen) atoms. The number of amides is 1. The topological polar surface area (TPSA) is 102 Å². The minimum Gasteiger partial charge on any atom is -0.393 e. The third-order valence-electron chi connectivity index (χ3n) is 3.24. The second-order valence-electron chi connectivity index (χ2n) is 4.58. The average Bonchev–Trinajstić information content (AvgIpc) is 2.38. The van der Waals surface area contributed by atoms with E-state index in [1.165, 1.54) is 18.2 Å². The maximum atomic E-state index is 12.3. The summed E-state index contributed by atoms with van der Waals surface area (Å²) in [5.41, 5.74) is 5.66. The Bertz CT molecular complexity index is 523. The van der Waals surface area contributed by atoms with E-state index in [1.54, 1.807) is 4.90 Å². The smallest absolute Gasteiger partial charge is 0.292 e. The molecule has 1 saturated heterocycles. The van der Waals surface area contributed by atoms with Gasteiger partial charge in [-0.2, -0.15) is 0 Å². The molecular weight excluding hydrogens is 284 g/mol. The number of nitrogens with one attached hydrogen (secondary N) is 1. The molecule has 110 valence electrons. The minimum absolute atomic E-state index is 0. The molecule has 1 amide bonds. The first-order valence-corrected chi connectivity index (χ1v) is 6.06. The fourth-order valence-corrected chi connectivity index (χ4v) is 2.14. The van der Waals surface area contributed by atoms with Gasteiger partial charge < -0.3 is 16.0 Å². The molecule has 0 bridgehead atoms. The van der Waals surface area contributed by atoms with Crippen LogP contribution < -0.4 is 11.1 Å². The summed E-state index contributed by atoms with van der Waals surface area (Å²) in [6, 6.07) is 4.24. The summed E-state index contributed by atoms with van der Waals surface area (Å²) < 4.78 is 0. The van der Waals surface area contributed by atoms with Gasteiger partial charge >= 0.3 is 0 Å². The van der Waals surface area contributed by atoms with E-state index in [1.807, 2.05) is 6.92 Å². The third kappa shape index (κ3) is 3.17. The van der Waals surface area contributed by atoms with E-state index in [-0.39, 0.29) is 35.7 Å². The van der Waals surface area contributed by atoms with Crippen LogP contribution in [0, 0.1) is 10.1 Å². The number of nitrogen functional groups attached to an aromatic ring is 1. The molecule has 0 unspecified atom stereocenters. The lowest BCUT2D eigenvalue weighted by Gasteiger charge is -2.34. The van der Waals surface area contributed by atoms with Crippen LogP contribution in [-0.2, 0) is 0 Å². The highest BCUT2D eigenvalue weighted by molar-refractivity contribution is 5.96. The molecule has 3 N–H and O–H groups in total. The largest absolute Gasteiger partial charge is 0.393 e. The van der Waals surface area contributed by atoms with Gasteiger partial charge in [-0.05, 0) is 19.1 Å². The van der Waals surface area contributed by atoms with Crippen molar-refractivity contribution >= 4 is 29.7 Å². The van der Waals surface area contributed by atoms with Crippen molar-refractivity contribution in [3.8, 4) is 0 Å². The van der Waals surface area contributed by atoms with Gasteiger partial charge in [-0.1, -0.05) is 0 Å². The molecule has 1 heterocycles. The highest BCUT2D eigenvalue weighted by Gasteiger charge is 2.25. The number of hydrogen-bond donors (Lipinski definition) is 2. The standard InChI is InChI=1S/C12H16N4O3.ClH/c1-8-7-14-4-5-15(8)12(17)9-2-3-10(13)11(6-9)16(18)19;/h2-3,6,8,14H,4-5,7,13H2,1H3;1H/t8-;/m1./s1. The van der Waals surface area contributed by atoms with Gasteiger partial charge in [0.1, 0.15) is 5.69 Å². The average molecular weight is 301 g/mol. The number of benzene rings is 1. The Balaban J connectivity index is 0.00000200. The summed E-state index contributed by atoms with van der Waals surface area (Å²) in [5.74, 6) is -0.197. The SMILES string of the molecule is C[C@@H]1CNCCN1C(=O)c1ccc(N)c([N+](=O)[O-])c1.Cl. The van der Waals surface area contributed by atoms with Gasteiger partial charge in [0.15, 0.2) is 0 Å². The lowest BCUT2D eigenvalue weighted by molar-refractivity contribution is -0.383. The highest BCUT2D eigenvalue weighted by Crippen LogP contribution is 2.23. The lowest BCUT2D eigenvalue weighted by atomic mass is 10.1. The number of carbonyl (C=O) groups is 1. The number of nitro groups is 1. The Kier molecular flexibility index (Phi) is 5.29. The second kappa shape index (κ2) is 6.53. The van der Waals surface area contributed by atoms with E-state index < -0.39 is 4.92 Å². The van der Waals surface area contributed by atoms with E-state index >= 15 is 0 Å². The summed E-state index contributed by atoms with van der Waals surface area (Å²) in [6.45, 7) is 3.99. The molecule has 1 aliphatic heterocycles. The van der Waals surface area contributed by atoms with Gasteiger partial charge in [0.25, 0.3) is 11.6 Å². The number of hydrogen-bond acceptors (Lipinski definition) is 5. The molecule has 1 atom stereocenters. The number of nitrogens with two attached hydrogens (primary N) is 1. The molecule has 0 aliphatic carbocycles. The predicted molar refractivity (Wildman–Crippen MR) is 78.1 cm³/mol. The van der Waals surface area contributed by atoms with Crippen molar-refractivity contribution in [3.63, 3.8) is 0 Å². The fraction of sp³-hybridized carbons (Fsp3) is 0.417. The Labute approximate surface area is 122 Å². The van der Waals surface area contributed by atoms with Gasteiger partial charge in [-0.3, -0.25) is 14.9 Å². The Morgan fingerprint density at radius 2 is 2.25 bits per heavy atom. The maximum Gasteiger partial charge on any atom is 0.292 e. The molecule has 0 spiro atoms. The van der Waals surface area contributed by atoms with Crippen molar-refractivity contribution in [3.05, 3.63) is 33.9 Å². The maximum absolute atomic E-state index is 12.3. The molecule has 1 aromatic carbocycles. The van der Waals surface area contributed by atoms with Crippen molar-refractivity contribution in [2.24, 2.45) is 0 Å². The van der Waals surface area contributed by atoms with E-state index in [0.717, 1.165) is 13.1 Å². The van der Waals surface area contributed by atoms with Crippen LogP contribution >= 0.6 is 12.4 Å². The lowest BCUT2D eigenvalue weighted by Crippen LogP contribution is -2.52. The van der Waals surface area contributed by atoms with E-state index in [0.29, 0.717) is 12.1 Å². The van der Waals surface area contributed by atoms with Crippen molar-refractivity contribution in [2.45, 2.75) is 13.0 Å². The van der Waals surface area contributed by atoms with Gasteiger partial charge in [0.2, 0.25) is 0 Å². The monoisotopic (exact) mass is 300 g/mol. The van der Waals surface area contributed by atoms with Crippen LogP contribution in [0.5, 0.6) is 0 Å². The minimum atomic E-state index is -0.576. The zero-order valence-electron chi connectivity index (χ0n) is 11.0. The Hall–Kier alpha value is -1.86. The number of anilines is 1. The van der Waals surface area contributed by atoms with Gasteiger partial charge in [0, 0.05) is 37.3 Å². The number of rotatable bonds is 2. The van der Waals surface area contributed by atoms with Crippen LogP contribution in [0.2, 0.25) is 0 Å². The molecule has 0 aromatic heterocycles. The van der Waals surface area contributed by atoms with Crippen molar-refractivity contribution < 1.29 is 9.72 Å². The summed E-state index contributed by atoms with van der Waals surface area (Å²) in [5, 5.41) is 14.0. The van der Waals surface area contributed by atoms with Gasteiger partial charge in [-0.15, -0.1) is 12.4 Å². The number of nitro benzene ring substituents is 1. The molecular formula is C12H17ClN4O3. The first kappa shape index (κ1) is 16.2. The zero-order chi connectivity index (χ0) is 14.0. The van der Waals surface area contributed by atoms with Crippen LogP contribution in [0.25, 0.3) is 0 Å². The summed E-state index contributed by atoms with van der Waals surface area (Å²) in [6.07, 6.45) is 0. The Morgan fingerprint density at radius 3 is 2.85 bits per heavy atom. The molecule has 2 rings (SSSR count). The molecule has 0 radical (unpaired) electrons. The van der Waals surface area contributed by atoms with Crippen LogP contribution in [-0.4, -0.2) is 41.4 Å². The van der Waals surface area contributed by atoms with Gasteiger partial charge in [-0.25, -0.2) is 0 Å². The van der Waals surface area contributed by atoms with Crippen molar-refractivity contribution in [1.29, 1.82) is 0 Å². The number of piperazine rings is 1. The van der Waals surface area contributed by atoms with Crippen LogP contribution in [0.4, 0.5) is 11.4 Å². The highest BCUT2D eigenvalue weighted by atomic mass is 35.5. The molecule has 1 aromatic rings. The number of carbonyl (C=O) groups excluding carboxylic acids is 1. The molecule has 7 nitrogen and oxygen atoms in total. The van der Waals surface area contributed by atoms with Crippen molar-refractivity contribution in [2.75, 3.05) is 25.4 Å². The van der Waals surface area contributed by atoms with Crippen LogP contribution in [0.3, 0.4) is 0 Å². The van der Waals surface area contributed by atoms with Crippen molar-refractivity contribution in [1.82, 2.24) is 10.2 Å². The van der Waals surface area contributed by atoms with E-state index in [4.69, 9.17) is 5.73 Å². The molecule has 1 aliphatic rings. The molecule has 0 saturated carbocycles.